The van der Waals surface area contributed by atoms with Crippen LogP contribution >= 0.6 is 23.2 Å². The average molecular weight is 358 g/mol. The molecule has 3 rings (SSSR count). The summed E-state index contributed by atoms with van der Waals surface area (Å²) in [6.07, 6.45) is 0. The van der Waals surface area contributed by atoms with E-state index in [1.54, 1.807) is 42.5 Å². The Morgan fingerprint density at radius 3 is 2.42 bits per heavy atom. The number of hydrogen-bond acceptors (Lipinski definition) is 3. The van der Waals surface area contributed by atoms with Gasteiger partial charge in [0.05, 0.1) is 5.57 Å². The van der Waals surface area contributed by atoms with Crippen molar-refractivity contribution in [2.75, 3.05) is 10.6 Å². The molecule has 0 saturated heterocycles. The molecule has 0 spiro atoms. The Labute approximate surface area is 147 Å². The fraction of sp³-hybridized carbons (Fsp3) is 0. The Morgan fingerprint density at radius 1 is 1.08 bits per heavy atom. The van der Waals surface area contributed by atoms with Crippen molar-refractivity contribution < 1.29 is 9.59 Å². The second-order valence-corrected chi connectivity index (χ2v) is 5.84. The summed E-state index contributed by atoms with van der Waals surface area (Å²) in [5, 5.41) is 15.5. The van der Waals surface area contributed by atoms with Crippen LogP contribution in [0.5, 0.6) is 0 Å². The van der Waals surface area contributed by atoms with Crippen LogP contribution in [0, 0.1) is 11.3 Å². The lowest BCUT2D eigenvalue weighted by Crippen LogP contribution is -2.17. The molecule has 1 heterocycles. The van der Waals surface area contributed by atoms with Crippen LogP contribution in [0.2, 0.25) is 10.0 Å². The second-order valence-electron chi connectivity index (χ2n) is 4.97. The van der Waals surface area contributed by atoms with Crippen LogP contribution in [-0.4, -0.2) is 11.8 Å². The first-order chi connectivity index (χ1) is 11.5. The predicted octanol–water partition coefficient (Wildman–Crippen LogP) is 3.86. The van der Waals surface area contributed by atoms with Gasteiger partial charge in [-0.1, -0.05) is 23.2 Å². The predicted molar refractivity (Wildman–Crippen MR) is 92.7 cm³/mol. The molecule has 0 radical (unpaired) electrons. The van der Waals surface area contributed by atoms with E-state index in [1.165, 1.54) is 6.07 Å². The Morgan fingerprint density at radius 2 is 1.75 bits per heavy atom. The molecule has 2 aromatic rings. The molecule has 118 valence electrons. The molecule has 0 atom stereocenters. The van der Waals surface area contributed by atoms with Crippen LogP contribution in [0.4, 0.5) is 11.4 Å². The van der Waals surface area contributed by atoms with Gasteiger partial charge in [0.25, 0.3) is 11.8 Å². The van der Waals surface area contributed by atoms with Crippen molar-refractivity contribution >= 4 is 52.0 Å². The lowest BCUT2D eigenvalue weighted by atomic mass is 10.0. The highest BCUT2D eigenvalue weighted by molar-refractivity contribution is 6.38. The number of halogens is 2. The largest absolute Gasteiger partial charge is 0.321 e. The van der Waals surface area contributed by atoms with Crippen molar-refractivity contribution in [3.63, 3.8) is 0 Å². The Balaban J connectivity index is 2.02. The highest BCUT2D eigenvalue weighted by Crippen LogP contribution is 2.35. The zero-order valence-corrected chi connectivity index (χ0v) is 13.6. The lowest BCUT2D eigenvalue weighted by molar-refractivity contribution is -0.113. The van der Waals surface area contributed by atoms with E-state index in [9.17, 15) is 14.9 Å². The maximum atomic E-state index is 12.4. The third kappa shape index (κ3) is 2.98. The maximum Gasteiger partial charge on any atom is 0.267 e. The summed E-state index contributed by atoms with van der Waals surface area (Å²) < 4.78 is 0. The van der Waals surface area contributed by atoms with Gasteiger partial charge >= 0.3 is 0 Å². The average Bonchev–Trinajstić information content (AvgIpc) is 2.86. The minimum Gasteiger partial charge on any atom is -0.321 e. The summed E-state index contributed by atoms with van der Waals surface area (Å²) in [5.41, 5.74) is 1.11. The molecular weight excluding hydrogens is 349 g/mol. The normalized spacial score (nSPS) is 14.5. The number of nitrogens with zero attached hydrogens (tertiary/aromatic N) is 1. The van der Waals surface area contributed by atoms with Gasteiger partial charge in [-0.15, -0.1) is 0 Å². The first-order valence-electron chi connectivity index (χ1n) is 6.82. The third-order valence-electron chi connectivity index (χ3n) is 3.42. The number of fused-ring (bicyclic) bond motifs is 1. The van der Waals surface area contributed by atoms with E-state index in [-0.39, 0.29) is 11.1 Å². The van der Waals surface area contributed by atoms with Gasteiger partial charge in [-0.2, -0.15) is 5.26 Å². The number of amides is 2. The van der Waals surface area contributed by atoms with E-state index < -0.39 is 11.8 Å². The van der Waals surface area contributed by atoms with E-state index >= 15 is 0 Å². The SMILES string of the molecule is N#C/C(C(=O)Nc1ccc(Cl)cc1)=C1/C(=O)Nc2ccc(Cl)cc21. The van der Waals surface area contributed by atoms with Crippen LogP contribution in [0.15, 0.2) is 48.0 Å². The monoisotopic (exact) mass is 357 g/mol. The molecule has 0 aliphatic carbocycles. The Hall–Kier alpha value is -2.81. The molecule has 0 aromatic heterocycles. The number of nitriles is 1. The Bertz CT molecular complexity index is 928. The van der Waals surface area contributed by atoms with E-state index in [4.69, 9.17) is 23.2 Å². The van der Waals surface area contributed by atoms with Crippen LogP contribution < -0.4 is 10.6 Å². The highest BCUT2D eigenvalue weighted by atomic mass is 35.5. The number of benzene rings is 2. The first-order valence-corrected chi connectivity index (χ1v) is 7.58. The van der Waals surface area contributed by atoms with Crippen LogP contribution in [-0.2, 0) is 9.59 Å². The van der Waals surface area contributed by atoms with Gasteiger partial charge in [-0.05, 0) is 42.5 Å². The zero-order chi connectivity index (χ0) is 17.3. The van der Waals surface area contributed by atoms with Gasteiger partial charge < -0.3 is 10.6 Å². The molecule has 0 bridgehead atoms. The summed E-state index contributed by atoms with van der Waals surface area (Å²) >= 11 is 11.7. The molecule has 0 unspecified atom stereocenters. The molecule has 5 nitrogen and oxygen atoms in total. The molecule has 7 heteroatoms. The summed E-state index contributed by atoms with van der Waals surface area (Å²) in [4.78, 5) is 24.6. The van der Waals surface area contributed by atoms with Gasteiger partial charge in [-0.25, -0.2) is 0 Å². The topological polar surface area (TPSA) is 82.0 Å². The van der Waals surface area contributed by atoms with Gasteiger partial charge in [0, 0.05) is 27.0 Å². The summed E-state index contributed by atoms with van der Waals surface area (Å²) in [6.45, 7) is 0. The van der Waals surface area contributed by atoms with Gasteiger partial charge in [0.2, 0.25) is 0 Å². The maximum absolute atomic E-state index is 12.4. The van der Waals surface area contributed by atoms with Gasteiger partial charge in [0.15, 0.2) is 0 Å². The van der Waals surface area contributed by atoms with Crippen LogP contribution in [0.25, 0.3) is 5.57 Å². The van der Waals surface area contributed by atoms with E-state index in [1.807, 2.05) is 0 Å². The molecular formula is C17H9Cl2N3O2. The highest BCUT2D eigenvalue weighted by Gasteiger charge is 2.30. The number of carbonyl (C=O) groups excluding carboxylic acids is 2. The minimum absolute atomic E-state index is 0.00136. The first kappa shape index (κ1) is 16.1. The molecule has 2 amide bonds. The van der Waals surface area contributed by atoms with Crippen molar-refractivity contribution in [1.82, 2.24) is 0 Å². The number of nitrogens with one attached hydrogen (secondary N) is 2. The zero-order valence-electron chi connectivity index (χ0n) is 12.1. The molecule has 0 fully saturated rings. The van der Waals surface area contributed by atoms with Crippen molar-refractivity contribution in [1.29, 1.82) is 5.26 Å². The van der Waals surface area contributed by atoms with E-state index in [2.05, 4.69) is 10.6 Å². The van der Waals surface area contributed by atoms with Crippen molar-refractivity contribution in [3.05, 3.63) is 63.6 Å². The second kappa shape index (κ2) is 6.36. The minimum atomic E-state index is -0.683. The van der Waals surface area contributed by atoms with Crippen molar-refractivity contribution in [2.24, 2.45) is 0 Å². The number of carbonyl (C=O) groups is 2. The van der Waals surface area contributed by atoms with Crippen molar-refractivity contribution in [3.8, 4) is 6.07 Å². The molecule has 24 heavy (non-hydrogen) atoms. The smallest absolute Gasteiger partial charge is 0.267 e. The van der Waals surface area contributed by atoms with E-state index in [0.717, 1.165) is 0 Å². The Kier molecular flexibility index (Phi) is 4.26. The standard InChI is InChI=1S/C17H9Cl2N3O2/c18-9-1-4-11(5-2-9)21-16(23)13(8-20)15-12-7-10(19)3-6-14(12)22-17(15)24/h1-7H,(H,21,23)(H,22,24)/b15-13-. The fourth-order valence-corrected chi connectivity index (χ4v) is 2.63. The van der Waals surface area contributed by atoms with E-state index in [0.29, 0.717) is 27.0 Å². The number of rotatable bonds is 2. The quantitative estimate of drug-likeness (QED) is 0.632. The van der Waals surface area contributed by atoms with Gasteiger partial charge in [-0.3, -0.25) is 9.59 Å². The molecule has 0 saturated carbocycles. The molecule has 1 aliphatic heterocycles. The molecule has 1 aliphatic rings. The van der Waals surface area contributed by atoms with Crippen molar-refractivity contribution in [2.45, 2.75) is 0 Å². The van der Waals surface area contributed by atoms with Crippen LogP contribution in [0.1, 0.15) is 5.56 Å². The number of anilines is 2. The fourth-order valence-electron chi connectivity index (χ4n) is 2.33. The molecule has 2 aromatic carbocycles. The summed E-state index contributed by atoms with van der Waals surface area (Å²) in [7, 11) is 0. The molecule has 2 N–H and O–H groups in total. The third-order valence-corrected chi connectivity index (χ3v) is 3.90. The summed E-state index contributed by atoms with van der Waals surface area (Å²) in [5.74, 6) is -1.20. The number of hydrogen-bond donors (Lipinski definition) is 2. The van der Waals surface area contributed by atoms with Gasteiger partial charge in [0.1, 0.15) is 11.6 Å². The van der Waals surface area contributed by atoms with Crippen LogP contribution in [0.3, 0.4) is 0 Å². The lowest BCUT2D eigenvalue weighted by Gasteiger charge is -2.06. The summed E-state index contributed by atoms with van der Waals surface area (Å²) in [6, 6.07) is 13.0.